The second kappa shape index (κ2) is 6.90. The lowest BCUT2D eigenvalue weighted by Gasteiger charge is -2.12. The van der Waals surface area contributed by atoms with Gasteiger partial charge in [0.25, 0.3) is 0 Å². The number of terminal acetylenes is 1. The maximum absolute atomic E-state index is 12.9. The van der Waals surface area contributed by atoms with Crippen LogP contribution < -0.4 is 0 Å². The third-order valence-corrected chi connectivity index (χ3v) is 2.51. The molecule has 0 spiro atoms. The smallest absolute Gasteiger partial charge is 0.166 e. The second-order valence-electron chi connectivity index (χ2n) is 3.93. The Hall–Kier alpha value is -1.69. The molecule has 0 aliphatic rings. The first-order valence-corrected chi connectivity index (χ1v) is 5.82. The van der Waals surface area contributed by atoms with E-state index in [0.717, 1.165) is 6.42 Å². The third-order valence-electron chi connectivity index (χ3n) is 2.51. The predicted octanol–water partition coefficient (Wildman–Crippen LogP) is 4.83. The Morgan fingerprint density at radius 3 is 2.39 bits per heavy atom. The van der Waals surface area contributed by atoms with Gasteiger partial charge in [0.2, 0.25) is 0 Å². The summed E-state index contributed by atoms with van der Waals surface area (Å²) in [5, 5.41) is 0. The highest BCUT2D eigenvalue weighted by atomic mass is 19.4. The molecule has 0 aromatic heterocycles. The maximum atomic E-state index is 12.9. The molecule has 0 radical (unpaired) electrons. The molecule has 0 amide bonds. The SMILES string of the molecule is C#CCCCC/C=C(\c1ccccc1)C(F)(F)F. The summed E-state index contributed by atoms with van der Waals surface area (Å²) in [6, 6.07) is 7.85. The van der Waals surface area contributed by atoms with E-state index in [0.29, 0.717) is 19.3 Å². The first-order chi connectivity index (χ1) is 8.55. The fourth-order valence-electron chi connectivity index (χ4n) is 1.63. The van der Waals surface area contributed by atoms with Crippen molar-refractivity contribution >= 4 is 5.57 Å². The predicted molar refractivity (Wildman–Crippen MR) is 67.8 cm³/mol. The Bertz CT molecular complexity index is 421. The summed E-state index contributed by atoms with van der Waals surface area (Å²) < 4.78 is 38.6. The minimum Gasteiger partial charge on any atom is -0.166 e. The van der Waals surface area contributed by atoms with Crippen LogP contribution in [0.2, 0.25) is 0 Å². The molecule has 1 aromatic carbocycles. The van der Waals surface area contributed by atoms with Gasteiger partial charge in [-0.05, 0) is 24.8 Å². The number of allylic oxidation sites excluding steroid dienone is 2. The summed E-state index contributed by atoms with van der Waals surface area (Å²) in [6.45, 7) is 0. The van der Waals surface area contributed by atoms with Gasteiger partial charge in [-0.1, -0.05) is 36.4 Å². The molecule has 0 aliphatic heterocycles. The van der Waals surface area contributed by atoms with Crippen LogP contribution in [0.15, 0.2) is 36.4 Å². The van der Waals surface area contributed by atoms with E-state index in [4.69, 9.17) is 6.42 Å². The van der Waals surface area contributed by atoms with Gasteiger partial charge in [0.15, 0.2) is 0 Å². The van der Waals surface area contributed by atoms with Gasteiger partial charge in [-0.2, -0.15) is 13.2 Å². The zero-order valence-electron chi connectivity index (χ0n) is 10.0. The first kappa shape index (κ1) is 14.4. The van der Waals surface area contributed by atoms with E-state index in [-0.39, 0.29) is 5.56 Å². The summed E-state index contributed by atoms with van der Waals surface area (Å²) in [4.78, 5) is 0. The van der Waals surface area contributed by atoms with Crippen LogP contribution >= 0.6 is 0 Å². The molecule has 0 unspecified atom stereocenters. The van der Waals surface area contributed by atoms with Gasteiger partial charge in [-0.3, -0.25) is 0 Å². The van der Waals surface area contributed by atoms with E-state index in [2.05, 4.69) is 5.92 Å². The molecule has 3 heteroatoms. The van der Waals surface area contributed by atoms with Gasteiger partial charge in [0, 0.05) is 6.42 Å². The molecule has 0 fully saturated rings. The number of alkyl halides is 3. The molecule has 0 bridgehead atoms. The topological polar surface area (TPSA) is 0 Å². The molecule has 0 saturated heterocycles. The average molecular weight is 252 g/mol. The Morgan fingerprint density at radius 1 is 1.17 bits per heavy atom. The molecule has 1 aromatic rings. The minimum absolute atomic E-state index is 0.210. The number of benzene rings is 1. The lowest BCUT2D eigenvalue weighted by Crippen LogP contribution is -2.10. The summed E-state index contributed by atoms with van der Waals surface area (Å²) in [5.74, 6) is 2.47. The van der Waals surface area contributed by atoms with Crippen molar-refractivity contribution in [1.82, 2.24) is 0 Å². The number of hydrogen-bond donors (Lipinski definition) is 0. The molecule has 0 atom stereocenters. The van der Waals surface area contributed by atoms with Crippen molar-refractivity contribution in [2.45, 2.75) is 31.9 Å². The standard InChI is InChI=1S/C15H15F3/c1-2-3-4-5-9-12-14(15(16,17)18)13-10-7-6-8-11-13/h1,6-8,10-12H,3-5,9H2/b14-12+. The van der Waals surface area contributed by atoms with Gasteiger partial charge < -0.3 is 0 Å². The molecule has 0 aliphatic carbocycles. The Balaban J connectivity index is 2.75. The van der Waals surface area contributed by atoms with Gasteiger partial charge in [0.1, 0.15) is 0 Å². The lowest BCUT2D eigenvalue weighted by molar-refractivity contribution is -0.0690. The fraction of sp³-hybridized carbons (Fsp3) is 0.333. The summed E-state index contributed by atoms with van der Waals surface area (Å²) >= 11 is 0. The van der Waals surface area contributed by atoms with Crippen LogP contribution in [0.5, 0.6) is 0 Å². The van der Waals surface area contributed by atoms with Crippen LogP contribution in [-0.2, 0) is 0 Å². The van der Waals surface area contributed by atoms with E-state index in [1.807, 2.05) is 0 Å². The Morgan fingerprint density at radius 2 is 1.83 bits per heavy atom. The highest BCUT2D eigenvalue weighted by Gasteiger charge is 2.33. The van der Waals surface area contributed by atoms with Crippen LogP contribution in [0.4, 0.5) is 13.2 Å². The normalized spacial score (nSPS) is 12.2. The molecular weight excluding hydrogens is 237 g/mol. The first-order valence-electron chi connectivity index (χ1n) is 5.82. The maximum Gasteiger partial charge on any atom is 0.416 e. The van der Waals surface area contributed by atoms with Gasteiger partial charge >= 0.3 is 6.18 Å². The van der Waals surface area contributed by atoms with E-state index in [1.165, 1.54) is 18.2 Å². The van der Waals surface area contributed by atoms with Crippen LogP contribution in [0.1, 0.15) is 31.2 Å². The van der Waals surface area contributed by atoms with Crippen molar-refractivity contribution in [3.05, 3.63) is 42.0 Å². The van der Waals surface area contributed by atoms with Gasteiger partial charge in [-0.25, -0.2) is 0 Å². The Labute approximate surface area is 106 Å². The molecule has 18 heavy (non-hydrogen) atoms. The van der Waals surface area contributed by atoms with Crippen molar-refractivity contribution in [1.29, 1.82) is 0 Å². The quantitative estimate of drug-likeness (QED) is 0.520. The average Bonchev–Trinajstić information content (AvgIpc) is 2.33. The molecule has 0 nitrogen and oxygen atoms in total. The van der Waals surface area contributed by atoms with Gasteiger partial charge in [0.05, 0.1) is 5.57 Å². The largest absolute Gasteiger partial charge is 0.416 e. The number of hydrogen-bond acceptors (Lipinski definition) is 0. The summed E-state index contributed by atoms with van der Waals surface area (Å²) in [6.07, 6.45) is 4.47. The van der Waals surface area contributed by atoms with Crippen LogP contribution in [0, 0.1) is 12.3 Å². The second-order valence-corrected chi connectivity index (χ2v) is 3.93. The zero-order valence-corrected chi connectivity index (χ0v) is 10.0. The number of rotatable bonds is 5. The van der Waals surface area contributed by atoms with Crippen LogP contribution in [-0.4, -0.2) is 6.18 Å². The number of unbranched alkanes of at least 4 members (excludes halogenated alkanes) is 3. The van der Waals surface area contributed by atoms with Crippen LogP contribution in [0.3, 0.4) is 0 Å². The molecule has 1 rings (SSSR count). The van der Waals surface area contributed by atoms with Crippen molar-refractivity contribution in [2.75, 3.05) is 0 Å². The van der Waals surface area contributed by atoms with Crippen molar-refractivity contribution in [3.63, 3.8) is 0 Å². The highest BCUT2D eigenvalue weighted by molar-refractivity contribution is 5.69. The van der Waals surface area contributed by atoms with Crippen molar-refractivity contribution < 1.29 is 13.2 Å². The van der Waals surface area contributed by atoms with E-state index in [1.54, 1.807) is 18.2 Å². The molecular formula is C15H15F3. The molecule has 0 N–H and O–H groups in total. The number of halogens is 3. The third kappa shape index (κ3) is 4.67. The molecule has 96 valence electrons. The van der Waals surface area contributed by atoms with Crippen LogP contribution in [0.25, 0.3) is 5.57 Å². The summed E-state index contributed by atoms with van der Waals surface area (Å²) in [5.41, 5.74) is -0.356. The summed E-state index contributed by atoms with van der Waals surface area (Å²) in [7, 11) is 0. The fourth-order valence-corrected chi connectivity index (χ4v) is 1.63. The van der Waals surface area contributed by atoms with Crippen molar-refractivity contribution in [3.8, 4) is 12.3 Å². The van der Waals surface area contributed by atoms with Crippen molar-refractivity contribution in [2.24, 2.45) is 0 Å². The molecule has 0 heterocycles. The van der Waals surface area contributed by atoms with Gasteiger partial charge in [-0.15, -0.1) is 12.3 Å². The molecule has 0 saturated carbocycles. The van der Waals surface area contributed by atoms with E-state index in [9.17, 15) is 13.2 Å². The Kier molecular flexibility index (Phi) is 5.51. The minimum atomic E-state index is -4.31. The monoisotopic (exact) mass is 252 g/mol. The van der Waals surface area contributed by atoms with E-state index < -0.39 is 11.7 Å². The van der Waals surface area contributed by atoms with E-state index >= 15 is 0 Å². The lowest BCUT2D eigenvalue weighted by atomic mass is 10.0. The highest BCUT2D eigenvalue weighted by Crippen LogP contribution is 2.34. The zero-order chi connectivity index (χ0) is 13.4.